The Labute approximate surface area is 112 Å². The maximum absolute atomic E-state index is 11.4. The lowest BCUT2D eigenvalue weighted by molar-refractivity contribution is -0.146. The summed E-state index contributed by atoms with van der Waals surface area (Å²) in [6.07, 6.45) is -0.00696. The minimum atomic E-state index is -0.316. The predicted octanol–water partition coefficient (Wildman–Crippen LogP) is 1.97. The maximum atomic E-state index is 11.4. The van der Waals surface area contributed by atoms with Crippen LogP contribution in [0.5, 0.6) is 0 Å². The first kappa shape index (κ1) is 14.1. The van der Waals surface area contributed by atoms with Gasteiger partial charge in [-0.25, -0.2) is 4.98 Å². The van der Waals surface area contributed by atoms with Gasteiger partial charge in [0.15, 0.2) is 5.13 Å². The molecule has 94 valence electrons. The number of ether oxygens (including phenoxy) is 1. The smallest absolute Gasteiger partial charge is 0.312 e. The highest BCUT2D eigenvalue weighted by atomic mass is 79.9. The zero-order chi connectivity index (χ0) is 12.8. The molecular formula is C10H13BrN2O3S. The van der Waals surface area contributed by atoms with Crippen LogP contribution in [0.25, 0.3) is 0 Å². The van der Waals surface area contributed by atoms with Crippen molar-refractivity contribution in [1.82, 2.24) is 4.98 Å². The zero-order valence-corrected chi connectivity index (χ0v) is 11.9. The number of esters is 1. The number of anilines is 1. The molecule has 1 amide bonds. The monoisotopic (exact) mass is 320 g/mol. The summed E-state index contributed by atoms with van der Waals surface area (Å²) < 4.78 is 5.00. The van der Waals surface area contributed by atoms with Gasteiger partial charge in [-0.3, -0.25) is 9.59 Å². The molecule has 0 aliphatic carbocycles. The highest BCUT2D eigenvalue weighted by molar-refractivity contribution is 9.09. The molecule has 0 aliphatic rings. The molecule has 0 unspecified atom stereocenters. The highest BCUT2D eigenvalue weighted by Gasteiger charge is 2.11. The van der Waals surface area contributed by atoms with E-state index >= 15 is 0 Å². The molecule has 1 aromatic rings. The summed E-state index contributed by atoms with van der Waals surface area (Å²) in [6.45, 7) is 3.58. The van der Waals surface area contributed by atoms with Gasteiger partial charge in [-0.1, -0.05) is 15.9 Å². The maximum Gasteiger partial charge on any atom is 0.312 e. The van der Waals surface area contributed by atoms with Crippen LogP contribution in [0, 0.1) is 0 Å². The lowest BCUT2D eigenvalue weighted by Gasteiger charge is -2.05. The molecule has 0 spiro atoms. The fourth-order valence-corrected chi connectivity index (χ4v) is 1.92. The standard InChI is InChI=1S/C10H13BrN2O3S/c1-6(2)16-9(15)3-7-5-17-10(12-7)13-8(14)4-11/h5-6H,3-4H2,1-2H3,(H,12,13,14). The molecule has 0 saturated carbocycles. The number of nitrogens with zero attached hydrogens (tertiary/aromatic N) is 1. The number of nitrogens with one attached hydrogen (secondary N) is 1. The van der Waals surface area contributed by atoms with Crippen LogP contribution >= 0.6 is 27.3 Å². The van der Waals surface area contributed by atoms with E-state index in [4.69, 9.17) is 4.74 Å². The van der Waals surface area contributed by atoms with E-state index in [0.29, 0.717) is 10.8 Å². The van der Waals surface area contributed by atoms with E-state index in [0.717, 1.165) is 0 Å². The summed E-state index contributed by atoms with van der Waals surface area (Å²) >= 11 is 4.32. The van der Waals surface area contributed by atoms with E-state index < -0.39 is 0 Å². The fraction of sp³-hybridized carbons (Fsp3) is 0.500. The van der Waals surface area contributed by atoms with Crippen LogP contribution in [0.2, 0.25) is 0 Å². The van der Waals surface area contributed by atoms with Crippen LogP contribution in [0.1, 0.15) is 19.5 Å². The van der Waals surface area contributed by atoms with Crippen LogP contribution in [0.4, 0.5) is 5.13 Å². The molecule has 1 rings (SSSR count). The van der Waals surface area contributed by atoms with Gasteiger partial charge in [0.2, 0.25) is 5.91 Å². The quantitative estimate of drug-likeness (QED) is 0.665. The van der Waals surface area contributed by atoms with Crippen molar-refractivity contribution in [3.8, 4) is 0 Å². The van der Waals surface area contributed by atoms with Crippen LogP contribution in [-0.2, 0) is 20.7 Å². The Balaban J connectivity index is 2.51. The number of halogens is 1. The molecule has 1 N–H and O–H groups in total. The van der Waals surface area contributed by atoms with E-state index in [1.807, 2.05) is 0 Å². The molecule has 0 aliphatic heterocycles. The second-order valence-electron chi connectivity index (χ2n) is 3.54. The van der Waals surface area contributed by atoms with Gasteiger partial charge in [0, 0.05) is 5.38 Å². The molecule has 0 radical (unpaired) electrons. The Morgan fingerprint density at radius 2 is 2.29 bits per heavy atom. The Morgan fingerprint density at radius 1 is 1.59 bits per heavy atom. The number of rotatable bonds is 5. The Kier molecular flexibility index (Phi) is 5.57. The van der Waals surface area contributed by atoms with E-state index in [2.05, 4.69) is 26.2 Å². The normalized spacial score (nSPS) is 10.4. The summed E-state index contributed by atoms with van der Waals surface area (Å²) in [4.78, 5) is 26.5. The predicted molar refractivity (Wildman–Crippen MR) is 69.5 cm³/mol. The first-order chi connectivity index (χ1) is 8.01. The van der Waals surface area contributed by atoms with Crippen molar-refractivity contribution in [2.24, 2.45) is 0 Å². The summed E-state index contributed by atoms with van der Waals surface area (Å²) in [5, 5.41) is 5.03. The summed E-state index contributed by atoms with van der Waals surface area (Å²) in [6, 6.07) is 0. The van der Waals surface area contributed by atoms with Crippen molar-refractivity contribution in [1.29, 1.82) is 0 Å². The van der Waals surface area contributed by atoms with E-state index in [1.54, 1.807) is 19.2 Å². The largest absolute Gasteiger partial charge is 0.463 e. The topological polar surface area (TPSA) is 68.3 Å². The third-order valence-electron chi connectivity index (χ3n) is 1.61. The Bertz CT molecular complexity index is 406. The van der Waals surface area contributed by atoms with E-state index in [1.165, 1.54) is 11.3 Å². The van der Waals surface area contributed by atoms with Gasteiger partial charge in [0.05, 0.1) is 23.5 Å². The lowest BCUT2D eigenvalue weighted by atomic mass is 10.3. The second kappa shape index (κ2) is 6.70. The number of carbonyl (C=O) groups excluding carboxylic acids is 2. The van der Waals surface area contributed by atoms with Crippen molar-refractivity contribution in [2.45, 2.75) is 26.4 Å². The molecule has 0 bridgehead atoms. The minimum Gasteiger partial charge on any atom is -0.463 e. The van der Waals surface area contributed by atoms with Crippen molar-refractivity contribution >= 4 is 44.3 Å². The summed E-state index contributed by atoms with van der Waals surface area (Å²) in [7, 11) is 0. The molecule has 0 atom stereocenters. The van der Waals surface area contributed by atoms with Crippen molar-refractivity contribution < 1.29 is 14.3 Å². The van der Waals surface area contributed by atoms with Gasteiger partial charge >= 0.3 is 5.97 Å². The molecule has 5 nitrogen and oxygen atoms in total. The third-order valence-corrected chi connectivity index (χ3v) is 2.93. The molecule has 1 aromatic heterocycles. The average molecular weight is 321 g/mol. The number of amides is 1. The van der Waals surface area contributed by atoms with Crippen LogP contribution in [0.3, 0.4) is 0 Å². The Morgan fingerprint density at radius 3 is 2.88 bits per heavy atom. The molecule has 1 heterocycles. The first-order valence-electron chi connectivity index (χ1n) is 5.01. The van der Waals surface area contributed by atoms with Crippen LogP contribution in [-0.4, -0.2) is 28.3 Å². The van der Waals surface area contributed by atoms with Gasteiger partial charge in [0.1, 0.15) is 0 Å². The van der Waals surface area contributed by atoms with E-state index in [-0.39, 0.29) is 29.7 Å². The minimum absolute atomic E-state index is 0.124. The summed E-state index contributed by atoms with van der Waals surface area (Å²) in [5.41, 5.74) is 0.602. The zero-order valence-electron chi connectivity index (χ0n) is 9.53. The van der Waals surface area contributed by atoms with Crippen LogP contribution < -0.4 is 5.32 Å². The number of hydrogen-bond acceptors (Lipinski definition) is 5. The molecule has 7 heteroatoms. The highest BCUT2D eigenvalue weighted by Crippen LogP contribution is 2.16. The second-order valence-corrected chi connectivity index (χ2v) is 4.96. The number of thiazole rings is 1. The molecule has 0 aromatic carbocycles. The number of aromatic nitrogens is 1. The Hall–Kier alpha value is -0.950. The molecular weight excluding hydrogens is 308 g/mol. The number of alkyl halides is 1. The third kappa shape index (κ3) is 5.27. The van der Waals surface area contributed by atoms with Gasteiger partial charge in [-0.2, -0.15) is 0 Å². The van der Waals surface area contributed by atoms with Gasteiger partial charge in [-0.05, 0) is 13.8 Å². The van der Waals surface area contributed by atoms with Gasteiger partial charge < -0.3 is 10.1 Å². The van der Waals surface area contributed by atoms with Crippen molar-refractivity contribution in [2.75, 3.05) is 10.6 Å². The van der Waals surface area contributed by atoms with Gasteiger partial charge in [-0.15, -0.1) is 11.3 Å². The number of hydrogen-bond donors (Lipinski definition) is 1. The fourth-order valence-electron chi connectivity index (χ4n) is 1.05. The first-order valence-corrected chi connectivity index (χ1v) is 7.01. The van der Waals surface area contributed by atoms with Crippen molar-refractivity contribution in [3.63, 3.8) is 0 Å². The van der Waals surface area contributed by atoms with Crippen LogP contribution in [0.15, 0.2) is 5.38 Å². The van der Waals surface area contributed by atoms with Gasteiger partial charge in [0.25, 0.3) is 0 Å². The molecule has 0 fully saturated rings. The lowest BCUT2D eigenvalue weighted by Crippen LogP contribution is -2.14. The molecule has 17 heavy (non-hydrogen) atoms. The average Bonchev–Trinajstić information content (AvgIpc) is 2.63. The SMILES string of the molecule is CC(C)OC(=O)Cc1csc(NC(=O)CBr)n1. The van der Waals surface area contributed by atoms with E-state index in [9.17, 15) is 9.59 Å². The molecule has 0 saturated heterocycles. The summed E-state index contributed by atoms with van der Waals surface area (Å²) in [5.74, 6) is -0.487. The van der Waals surface area contributed by atoms with Crippen molar-refractivity contribution in [3.05, 3.63) is 11.1 Å². The number of carbonyl (C=O) groups is 2.